The van der Waals surface area contributed by atoms with Crippen molar-refractivity contribution >= 4 is 29.9 Å². The molecule has 0 aromatic carbocycles. The van der Waals surface area contributed by atoms with Crippen LogP contribution in [-0.4, -0.2) is 54.7 Å². The molecular weight excluding hydrogens is 389 g/mol. The van der Waals surface area contributed by atoms with Crippen molar-refractivity contribution in [1.82, 2.24) is 20.1 Å². The zero-order chi connectivity index (χ0) is 14.9. The van der Waals surface area contributed by atoms with Crippen molar-refractivity contribution in [2.45, 2.75) is 26.8 Å². The van der Waals surface area contributed by atoms with Crippen LogP contribution in [0.4, 0.5) is 0 Å². The Morgan fingerprint density at radius 3 is 2.64 bits per heavy atom. The summed E-state index contributed by atoms with van der Waals surface area (Å²) in [7, 11) is 0. The van der Waals surface area contributed by atoms with E-state index >= 15 is 0 Å². The van der Waals surface area contributed by atoms with Crippen LogP contribution in [0.2, 0.25) is 0 Å². The summed E-state index contributed by atoms with van der Waals surface area (Å²) in [5.74, 6) is 1.66. The molecule has 1 fully saturated rings. The molecule has 5 nitrogen and oxygen atoms in total. The zero-order valence-electron chi connectivity index (χ0n) is 13.8. The predicted octanol–water partition coefficient (Wildman–Crippen LogP) is 2.00. The molecule has 0 radical (unpaired) electrons. The first-order valence-corrected chi connectivity index (χ1v) is 8.17. The molecule has 0 bridgehead atoms. The highest BCUT2D eigenvalue weighted by Crippen LogP contribution is 2.15. The minimum absolute atomic E-state index is 0. The maximum atomic E-state index is 4.74. The number of aromatic nitrogens is 1. The van der Waals surface area contributed by atoms with Crippen molar-refractivity contribution in [3.8, 4) is 0 Å². The van der Waals surface area contributed by atoms with Crippen molar-refractivity contribution < 1.29 is 0 Å². The molecule has 0 aliphatic carbocycles. The fourth-order valence-corrected chi connectivity index (χ4v) is 2.73. The van der Waals surface area contributed by atoms with Crippen LogP contribution in [0.25, 0.3) is 0 Å². The fourth-order valence-electron chi connectivity index (χ4n) is 2.73. The third-order valence-electron chi connectivity index (χ3n) is 4.00. The summed E-state index contributed by atoms with van der Waals surface area (Å²) in [6, 6.07) is 4.11. The van der Waals surface area contributed by atoms with Crippen molar-refractivity contribution in [3.05, 3.63) is 24.5 Å². The molecule has 2 heterocycles. The van der Waals surface area contributed by atoms with Gasteiger partial charge in [0.1, 0.15) is 0 Å². The van der Waals surface area contributed by atoms with Gasteiger partial charge in [-0.15, -0.1) is 24.0 Å². The van der Waals surface area contributed by atoms with Gasteiger partial charge < -0.3 is 20.1 Å². The number of nitrogens with one attached hydrogen (secondary N) is 2. The maximum absolute atomic E-state index is 4.74. The Hall–Kier alpha value is -0.760. The Kier molecular flexibility index (Phi) is 9.54. The average molecular weight is 419 g/mol. The summed E-state index contributed by atoms with van der Waals surface area (Å²) < 4.78 is 2.17. The summed E-state index contributed by atoms with van der Waals surface area (Å²) in [4.78, 5) is 7.25. The fraction of sp³-hybridized carbons (Fsp3) is 0.688. The molecule has 1 saturated heterocycles. The van der Waals surface area contributed by atoms with Gasteiger partial charge >= 0.3 is 0 Å². The molecule has 0 saturated carbocycles. The number of halogens is 1. The number of nitrogens with zero attached hydrogens (tertiary/aromatic N) is 3. The zero-order valence-corrected chi connectivity index (χ0v) is 16.1. The first-order valence-electron chi connectivity index (χ1n) is 8.17. The minimum Gasteiger partial charge on any atom is -0.357 e. The summed E-state index contributed by atoms with van der Waals surface area (Å²) >= 11 is 0. The van der Waals surface area contributed by atoms with Gasteiger partial charge in [0.05, 0.1) is 0 Å². The Balaban J connectivity index is 0.00000242. The van der Waals surface area contributed by atoms with E-state index in [4.69, 9.17) is 4.99 Å². The van der Waals surface area contributed by atoms with E-state index in [1.165, 1.54) is 19.5 Å². The molecule has 2 N–H and O–H groups in total. The van der Waals surface area contributed by atoms with Crippen LogP contribution in [-0.2, 0) is 6.54 Å². The highest BCUT2D eigenvalue weighted by molar-refractivity contribution is 14.0. The monoisotopic (exact) mass is 419 g/mol. The van der Waals surface area contributed by atoms with Gasteiger partial charge in [-0.05, 0) is 44.5 Å². The summed E-state index contributed by atoms with van der Waals surface area (Å²) in [5.41, 5.74) is 0. The second-order valence-corrected chi connectivity index (χ2v) is 5.62. The molecule has 1 aromatic rings. The van der Waals surface area contributed by atoms with Gasteiger partial charge in [0.25, 0.3) is 0 Å². The van der Waals surface area contributed by atoms with Crippen molar-refractivity contribution in [1.29, 1.82) is 0 Å². The van der Waals surface area contributed by atoms with Crippen LogP contribution in [0.1, 0.15) is 20.3 Å². The molecule has 1 aliphatic heterocycles. The van der Waals surface area contributed by atoms with Crippen LogP contribution in [0.5, 0.6) is 0 Å². The SMILES string of the molecule is CCNC(=NCC1CCN(CC)C1)NCCn1cccc1.I. The lowest BCUT2D eigenvalue weighted by atomic mass is 10.1. The standard InChI is InChI=1S/C16H29N5.HI/c1-3-17-16(18-8-12-21-9-5-6-10-21)19-13-15-7-11-20(4-2)14-15;/h5-6,9-10,15H,3-4,7-8,11-14H2,1-2H3,(H2,17,18,19);1H. The second kappa shape index (κ2) is 10.9. The quantitative estimate of drug-likeness (QED) is 0.404. The second-order valence-electron chi connectivity index (χ2n) is 5.62. The van der Waals surface area contributed by atoms with Gasteiger partial charge in [0, 0.05) is 45.1 Å². The summed E-state index contributed by atoms with van der Waals surface area (Å²) in [6.45, 7) is 11.6. The van der Waals surface area contributed by atoms with E-state index in [0.717, 1.165) is 38.7 Å². The van der Waals surface area contributed by atoms with Gasteiger partial charge in [0.15, 0.2) is 5.96 Å². The van der Waals surface area contributed by atoms with Crippen molar-refractivity contribution in [3.63, 3.8) is 0 Å². The van der Waals surface area contributed by atoms with Crippen molar-refractivity contribution in [2.24, 2.45) is 10.9 Å². The number of guanidine groups is 1. The molecule has 0 amide bonds. The number of hydrogen-bond donors (Lipinski definition) is 2. The maximum Gasteiger partial charge on any atom is 0.191 e. The van der Waals surface area contributed by atoms with Crippen LogP contribution in [0, 0.1) is 5.92 Å². The molecule has 1 aromatic heterocycles. The molecule has 1 unspecified atom stereocenters. The average Bonchev–Trinajstić information content (AvgIpc) is 3.16. The third kappa shape index (κ3) is 6.56. The molecular formula is C16H30IN5. The normalized spacial score (nSPS) is 19.0. The largest absolute Gasteiger partial charge is 0.357 e. The molecule has 126 valence electrons. The van der Waals surface area contributed by atoms with Gasteiger partial charge in [-0.3, -0.25) is 4.99 Å². The van der Waals surface area contributed by atoms with Gasteiger partial charge in [0.2, 0.25) is 0 Å². The number of likely N-dealkylation sites (tertiary alicyclic amines) is 1. The Morgan fingerprint density at radius 2 is 2.00 bits per heavy atom. The topological polar surface area (TPSA) is 44.6 Å². The lowest BCUT2D eigenvalue weighted by Gasteiger charge is -2.14. The van der Waals surface area contributed by atoms with E-state index in [1.807, 2.05) is 0 Å². The van der Waals surface area contributed by atoms with E-state index in [9.17, 15) is 0 Å². The Morgan fingerprint density at radius 1 is 1.23 bits per heavy atom. The highest BCUT2D eigenvalue weighted by atomic mass is 127. The molecule has 2 rings (SSSR count). The van der Waals surface area contributed by atoms with Gasteiger partial charge in [-0.2, -0.15) is 0 Å². The smallest absolute Gasteiger partial charge is 0.191 e. The summed E-state index contributed by atoms with van der Waals surface area (Å²) in [5, 5.41) is 6.74. The van der Waals surface area contributed by atoms with Crippen LogP contribution < -0.4 is 10.6 Å². The molecule has 1 atom stereocenters. The van der Waals surface area contributed by atoms with Crippen LogP contribution in [0.3, 0.4) is 0 Å². The number of rotatable bonds is 7. The first-order chi connectivity index (χ1) is 10.3. The van der Waals surface area contributed by atoms with Crippen LogP contribution >= 0.6 is 24.0 Å². The number of aliphatic imine (C=N–C) groups is 1. The van der Waals surface area contributed by atoms with E-state index in [2.05, 4.69) is 58.5 Å². The lowest BCUT2D eigenvalue weighted by Crippen LogP contribution is -2.39. The van der Waals surface area contributed by atoms with E-state index in [-0.39, 0.29) is 24.0 Å². The number of hydrogen-bond acceptors (Lipinski definition) is 2. The molecule has 1 aliphatic rings. The summed E-state index contributed by atoms with van der Waals surface area (Å²) in [6.07, 6.45) is 5.45. The van der Waals surface area contributed by atoms with E-state index < -0.39 is 0 Å². The van der Waals surface area contributed by atoms with Crippen molar-refractivity contribution in [2.75, 3.05) is 39.3 Å². The lowest BCUT2D eigenvalue weighted by molar-refractivity contribution is 0.343. The Bertz CT molecular complexity index is 418. The highest BCUT2D eigenvalue weighted by Gasteiger charge is 2.20. The molecule has 0 spiro atoms. The Labute approximate surface area is 151 Å². The third-order valence-corrected chi connectivity index (χ3v) is 4.00. The molecule has 22 heavy (non-hydrogen) atoms. The van der Waals surface area contributed by atoms with Gasteiger partial charge in [-0.25, -0.2) is 0 Å². The van der Waals surface area contributed by atoms with E-state index in [0.29, 0.717) is 5.92 Å². The van der Waals surface area contributed by atoms with Gasteiger partial charge in [-0.1, -0.05) is 6.92 Å². The molecule has 6 heteroatoms. The predicted molar refractivity (Wildman–Crippen MR) is 104 cm³/mol. The first kappa shape index (κ1) is 19.3. The van der Waals surface area contributed by atoms with E-state index in [1.54, 1.807) is 0 Å². The van der Waals surface area contributed by atoms with Crippen LogP contribution in [0.15, 0.2) is 29.5 Å². The minimum atomic E-state index is 0.